The van der Waals surface area contributed by atoms with Gasteiger partial charge in [0, 0.05) is 24.3 Å². The maximum Gasteiger partial charge on any atom is 0.255 e. The fourth-order valence-electron chi connectivity index (χ4n) is 3.34. The van der Waals surface area contributed by atoms with E-state index >= 15 is 0 Å². The zero-order valence-electron chi connectivity index (χ0n) is 15.6. The van der Waals surface area contributed by atoms with Crippen LogP contribution < -0.4 is 5.32 Å². The number of piperidine rings is 1. The van der Waals surface area contributed by atoms with Gasteiger partial charge in [-0.05, 0) is 48.6 Å². The van der Waals surface area contributed by atoms with Gasteiger partial charge in [-0.2, -0.15) is 0 Å². The number of anilines is 1. The van der Waals surface area contributed by atoms with Crippen molar-refractivity contribution < 1.29 is 13.2 Å². The molecule has 0 aliphatic carbocycles. The number of aryl methyl sites for hydroxylation is 1. The molecule has 1 aliphatic rings. The molecule has 0 spiro atoms. The lowest BCUT2D eigenvalue weighted by Gasteiger charge is -2.25. The highest BCUT2D eigenvalue weighted by Gasteiger charge is 2.24. The Morgan fingerprint density at radius 3 is 2.33 bits per heavy atom. The van der Waals surface area contributed by atoms with Crippen molar-refractivity contribution in [2.75, 3.05) is 18.4 Å². The largest absolute Gasteiger partial charge is 0.322 e. The summed E-state index contributed by atoms with van der Waals surface area (Å²) in [5.41, 5.74) is 3.10. The highest BCUT2D eigenvalue weighted by Crippen LogP contribution is 2.19. The molecular formula is C21H26N2O3S. The number of hydrogen-bond acceptors (Lipinski definition) is 3. The summed E-state index contributed by atoms with van der Waals surface area (Å²) in [5.74, 6) is -0.213. The van der Waals surface area contributed by atoms with Crippen molar-refractivity contribution in [2.45, 2.75) is 38.4 Å². The lowest BCUT2D eigenvalue weighted by Crippen LogP contribution is -2.36. The number of amides is 1. The molecule has 5 nitrogen and oxygen atoms in total. The minimum atomic E-state index is -3.29. The highest BCUT2D eigenvalue weighted by atomic mass is 32.2. The molecule has 2 aromatic rings. The summed E-state index contributed by atoms with van der Waals surface area (Å²) >= 11 is 0. The van der Waals surface area contributed by atoms with Crippen LogP contribution in [0.3, 0.4) is 0 Å². The second-order valence-corrected chi connectivity index (χ2v) is 8.85. The molecule has 1 saturated heterocycles. The number of sulfonamides is 1. The Hall–Kier alpha value is -2.18. The van der Waals surface area contributed by atoms with Crippen LogP contribution in [0.5, 0.6) is 0 Å². The number of rotatable bonds is 6. The van der Waals surface area contributed by atoms with E-state index in [0.717, 1.165) is 36.9 Å². The average molecular weight is 387 g/mol. The van der Waals surface area contributed by atoms with Gasteiger partial charge in [0.1, 0.15) is 0 Å². The molecule has 0 unspecified atom stereocenters. The number of carbonyl (C=O) groups is 1. The van der Waals surface area contributed by atoms with E-state index in [1.54, 1.807) is 28.6 Å². The summed E-state index contributed by atoms with van der Waals surface area (Å²) < 4.78 is 26.6. The van der Waals surface area contributed by atoms with Crippen molar-refractivity contribution in [1.82, 2.24) is 4.31 Å². The third-order valence-corrected chi connectivity index (χ3v) is 6.77. The van der Waals surface area contributed by atoms with Gasteiger partial charge in [0.25, 0.3) is 5.91 Å². The van der Waals surface area contributed by atoms with Crippen LogP contribution in [0.2, 0.25) is 0 Å². The fraction of sp³-hybridized carbons (Fsp3) is 0.381. The number of nitrogens with one attached hydrogen (secondary N) is 1. The van der Waals surface area contributed by atoms with Crippen LogP contribution in [0.25, 0.3) is 0 Å². The second kappa shape index (κ2) is 8.67. The third kappa shape index (κ3) is 4.96. The van der Waals surface area contributed by atoms with E-state index in [4.69, 9.17) is 0 Å². The van der Waals surface area contributed by atoms with Crippen molar-refractivity contribution in [3.8, 4) is 0 Å². The van der Waals surface area contributed by atoms with Gasteiger partial charge in [-0.25, -0.2) is 12.7 Å². The highest BCUT2D eigenvalue weighted by molar-refractivity contribution is 7.88. The SMILES string of the molecule is CCc1ccccc1NC(=O)c1ccc(CS(=O)(=O)N2CCCCC2)cc1. The number of para-hydroxylation sites is 1. The first-order valence-electron chi connectivity index (χ1n) is 9.45. The quantitative estimate of drug-likeness (QED) is 0.821. The van der Waals surface area contributed by atoms with Gasteiger partial charge in [-0.15, -0.1) is 0 Å². The fourth-order valence-corrected chi connectivity index (χ4v) is 4.95. The molecule has 27 heavy (non-hydrogen) atoms. The topological polar surface area (TPSA) is 66.5 Å². The van der Waals surface area contributed by atoms with E-state index in [0.29, 0.717) is 24.2 Å². The molecule has 0 atom stereocenters. The summed E-state index contributed by atoms with van der Waals surface area (Å²) in [4.78, 5) is 12.5. The van der Waals surface area contributed by atoms with E-state index in [-0.39, 0.29) is 11.7 Å². The molecule has 1 heterocycles. The van der Waals surface area contributed by atoms with Gasteiger partial charge in [0.15, 0.2) is 0 Å². The summed E-state index contributed by atoms with van der Waals surface area (Å²) in [6.45, 7) is 3.27. The van der Waals surface area contributed by atoms with Crippen LogP contribution >= 0.6 is 0 Å². The van der Waals surface area contributed by atoms with Gasteiger partial charge >= 0.3 is 0 Å². The number of carbonyl (C=O) groups excluding carboxylic acids is 1. The molecule has 2 aromatic carbocycles. The Morgan fingerprint density at radius 1 is 1.00 bits per heavy atom. The van der Waals surface area contributed by atoms with Crippen LogP contribution in [0.4, 0.5) is 5.69 Å². The molecule has 0 radical (unpaired) electrons. The molecule has 1 fully saturated rings. The van der Waals surface area contributed by atoms with Crippen molar-refractivity contribution >= 4 is 21.6 Å². The molecule has 3 rings (SSSR count). The Morgan fingerprint density at radius 2 is 1.67 bits per heavy atom. The van der Waals surface area contributed by atoms with Crippen LogP contribution in [-0.2, 0) is 22.2 Å². The van der Waals surface area contributed by atoms with E-state index in [9.17, 15) is 13.2 Å². The smallest absolute Gasteiger partial charge is 0.255 e. The van der Waals surface area contributed by atoms with E-state index in [2.05, 4.69) is 5.32 Å². The van der Waals surface area contributed by atoms with Crippen LogP contribution in [0.15, 0.2) is 48.5 Å². The van der Waals surface area contributed by atoms with Crippen molar-refractivity contribution in [1.29, 1.82) is 0 Å². The Bertz CT molecular complexity index is 886. The van der Waals surface area contributed by atoms with Gasteiger partial charge in [0.2, 0.25) is 10.0 Å². The normalized spacial score (nSPS) is 15.4. The van der Waals surface area contributed by atoms with Crippen molar-refractivity contribution in [2.24, 2.45) is 0 Å². The average Bonchev–Trinajstić information content (AvgIpc) is 2.69. The molecular weight excluding hydrogens is 360 g/mol. The Balaban J connectivity index is 1.67. The summed E-state index contributed by atoms with van der Waals surface area (Å²) in [7, 11) is -3.29. The summed E-state index contributed by atoms with van der Waals surface area (Å²) in [6.07, 6.45) is 3.79. The molecule has 0 aromatic heterocycles. The Kier molecular flexibility index (Phi) is 6.29. The van der Waals surface area contributed by atoms with Crippen LogP contribution in [0, 0.1) is 0 Å². The van der Waals surface area contributed by atoms with E-state index < -0.39 is 10.0 Å². The number of hydrogen-bond donors (Lipinski definition) is 1. The minimum absolute atomic E-state index is 0.0203. The zero-order valence-corrected chi connectivity index (χ0v) is 16.5. The number of nitrogens with zero attached hydrogens (tertiary/aromatic N) is 1. The van der Waals surface area contributed by atoms with E-state index in [1.165, 1.54) is 0 Å². The standard InChI is InChI=1S/C21H26N2O3S/c1-2-18-8-4-5-9-20(18)22-21(24)19-12-10-17(11-13-19)16-27(25,26)23-14-6-3-7-15-23/h4-5,8-13H,2-3,6-7,14-16H2,1H3,(H,22,24). The molecule has 1 N–H and O–H groups in total. The molecule has 0 saturated carbocycles. The van der Waals surface area contributed by atoms with Crippen molar-refractivity contribution in [3.05, 3.63) is 65.2 Å². The Labute approximate surface area is 161 Å². The third-order valence-electron chi connectivity index (χ3n) is 4.92. The van der Waals surface area contributed by atoms with Crippen molar-refractivity contribution in [3.63, 3.8) is 0 Å². The molecule has 6 heteroatoms. The maximum atomic E-state index is 12.5. The van der Waals surface area contributed by atoms with Crippen LogP contribution in [-0.4, -0.2) is 31.7 Å². The first-order valence-corrected chi connectivity index (χ1v) is 11.1. The lowest BCUT2D eigenvalue weighted by atomic mass is 10.1. The molecule has 1 amide bonds. The molecule has 1 aliphatic heterocycles. The summed E-state index contributed by atoms with van der Waals surface area (Å²) in [5, 5.41) is 2.93. The first kappa shape index (κ1) is 19.6. The van der Waals surface area contributed by atoms with Gasteiger partial charge in [-0.1, -0.05) is 43.7 Å². The number of benzene rings is 2. The zero-order chi connectivity index (χ0) is 19.3. The van der Waals surface area contributed by atoms with Gasteiger partial charge < -0.3 is 5.32 Å². The summed E-state index contributed by atoms with van der Waals surface area (Å²) in [6, 6.07) is 14.5. The maximum absolute atomic E-state index is 12.5. The lowest BCUT2D eigenvalue weighted by molar-refractivity contribution is 0.102. The predicted molar refractivity (Wildman–Crippen MR) is 108 cm³/mol. The van der Waals surface area contributed by atoms with Gasteiger partial charge in [-0.3, -0.25) is 4.79 Å². The predicted octanol–water partition coefficient (Wildman–Crippen LogP) is 3.82. The molecule has 0 bridgehead atoms. The van der Waals surface area contributed by atoms with Crippen LogP contribution in [0.1, 0.15) is 47.7 Å². The first-order chi connectivity index (χ1) is 13.0. The monoisotopic (exact) mass is 386 g/mol. The van der Waals surface area contributed by atoms with E-state index in [1.807, 2.05) is 31.2 Å². The minimum Gasteiger partial charge on any atom is -0.322 e. The van der Waals surface area contributed by atoms with Gasteiger partial charge in [0.05, 0.1) is 5.75 Å². The second-order valence-electron chi connectivity index (χ2n) is 6.88. The molecule has 144 valence electrons.